The number of anilines is 1. The topological polar surface area (TPSA) is 140 Å². The summed E-state index contributed by atoms with van der Waals surface area (Å²) in [6.07, 6.45) is 0. The fraction of sp³-hybridized carbons (Fsp3) is 0.350. The van der Waals surface area contributed by atoms with Crippen molar-refractivity contribution in [1.29, 1.82) is 0 Å². The monoisotopic (exact) mass is 417 g/mol. The predicted molar refractivity (Wildman–Crippen MR) is 107 cm³/mol. The van der Waals surface area contributed by atoms with Gasteiger partial charge in [0.1, 0.15) is 17.9 Å². The highest BCUT2D eigenvalue weighted by Gasteiger charge is 2.25. The fourth-order valence-electron chi connectivity index (χ4n) is 2.60. The van der Waals surface area contributed by atoms with Gasteiger partial charge < -0.3 is 15.2 Å². The summed E-state index contributed by atoms with van der Waals surface area (Å²) in [5.41, 5.74) is 4.22. The molecular weight excluding hydrogens is 394 g/mol. The van der Waals surface area contributed by atoms with Crippen molar-refractivity contribution in [3.63, 3.8) is 0 Å². The van der Waals surface area contributed by atoms with E-state index in [1.54, 1.807) is 44.2 Å². The van der Waals surface area contributed by atoms with Crippen molar-refractivity contribution in [3.8, 4) is 0 Å². The third-order valence-electron chi connectivity index (χ3n) is 4.26. The first-order chi connectivity index (χ1) is 14.2. The Kier molecular flexibility index (Phi) is 7.29. The van der Waals surface area contributed by atoms with Crippen LogP contribution < -0.4 is 17.0 Å². The average molecular weight is 417 g/mol. The smallest absolute Gasteiger partial charge is 0.333 e. The number of methoxy groups -OCH3 is 1. The molecule has 30 heavy (non-hydrogen) atoms. The van der Waals surface area contributed by atoms with E-state index in [4.69, 9.17) is 10.5 Å². The first kappa shape index (κ1) is 22.6. The Bertz CT molecular complexity index is 1070. The number of carbonyl (C=O) groups excluding carboxylic acids is 3. The molecule has 10 heteroatoms. The highest BCUT2D eigenvalue weighted by Crippen LogP contribution is 2.10. The summed E-state index contributed by atoms with van der Waals surface area (Å²) in [6, 6.07) is 8.74. The van der Waals surface area contributed by atoms with Crippen molar-refractivity contribution >= 4 is 23.5 Å². The Morgan fingerprint density at radius 1 is 1.07 bits per heavy atom. The molecule has 160 valence electrons. The van der Waals surface area contributed by atoms with Gasteiger partial charge in [-0.3, -0.25) is 23.7 Å². The molecule has 1 aromatic heterocycles. The number of Topliss-reactive ketones (excluding diaryl/α,β-unsaturated/α-hetero) is 1. The molecule has 0 aliphatic heterocycles. The molecule has 0 aliphatic rings. The van der Waals surface area contributed by atoms with Gasteiger partial charge in [0.25, 0.3) is 5.56 Å². The summed E-state index contributed by atoms with van der Waals surface area (Å²) >= 11 is 0. The number of nitrogens with zero attached hydrogens (tertiary/aromatic N) is 2. The number of rotatable bonds is 8. The molecule has 0 spiro atoms. The van der Waals surface area contributed by atoms with Gasteiger partial charge in [-0.2, -0.15) is 0 Å². The van der Waals surface area contributed by atoms with Crippen LogP contribution in [0.5, 0.6) is 0 Å². The zero-order chi connectivity index (χ0) is 22.4. The molecule has 10 nitrogen and oxygen atoms in total. The van der Waals surface area contributed by atoms with E-state index >= 15 is 0 Å². The molecule has 0 fully saturated rings. The van der Waals surface area contributed by atoms with Gasteiger partial charge in [0.05, 0.1) is 19.6 Å². The zero-order valence-electron chi connectivity index (χ0n) is 16.9. The van der Waals surface area contributed by atoms with Crippen molar-refractivity contribution in [3.05, 3.63) is 62.3 Å². The van der Waals surface area contributed by atoms with Crippen LogP contribution in [-0.2, 0) is 32.2 Å². The second-order valence-corrected chi connectivity index (χ2v) is 6.77. The first-order valence-corrected chi connectivity index (χ1v) is 9.11. The van der Waals surface area contributed by atoms with Crippen molar-refractivity contribution in [2.45, 2.75) is 26.9 Å². The highest BCUT2D eigenvalue weighted by molar-refractivity contribution is 6.01. The quantitative estimate of drug-likeness (QED) is 0.474. The van der Waals surface area contributed by atoms with Crippen molar-refractivity contribution < 1.29 is 23.9 Å². The third-order valence-corrected chi connectivity index (χ3v) is 4.26. The number of nitrogen functional groups attached to an aromatic ring is 1. The van der Waals surface area contributed by atoms with E-state index in [-0.39, 0.29) is 12.4 Å². The van der Waals surface area contributed by atoms with Crippen molar-refractivity contribution in [1.82, 2.24) is 9.13 Å². The lowest BCUT2D eigenvalue weighted by atomic mass is 10.1. The Balaban J connectivity index is 2.58. The zero-order valence-corrected chi connectivity index (χ0v) is 16.9. The maximum absolute atomic E-state index is 12.8. The largest absolute Gasteiger partial charge is 0.468 e. The molecule has 0 amide bonds. The summed E-state index contributed by atoms with van der Waals surface area (Å²) in [6.45, 7) is 1.71. The SMILES string of the molecule is COC(=O)Cn1c(=O)c(C(=O)COC(=O)C(C)C)c(N)n(Cc2ccccc2)c1=O. The van der Waals surface area contributed by atoms with E-state index in [0.29, 0.717) is 10.1 Å². The number of esters is 2. The van der Waals surface area contributed by atoms with E-state index in [2.05, 4.69) is 4.74 Å². The summed E-state index contributed by atoms with van der Waals surface area (Å²) in [7, 11) is 1.10. The summed E-state index contributed by atoms with van der Waals surface area (Å²) in [4.78, 5) is 61.6. The molecular formula is C20H23N3O7. The number of nitrogens with two attached hydrogens (primary N) is 1. The summed E-state index contributed by atoms with van der Waals surface area (Å²) in [5, 5.41) is 0. The average Bonchev–Trinajstić information content (AvgIpc) is 2.72. The maximum Gasteiger partial charge on any atom is 0.333 e. The number of hydrogen-bond donors (Lipinski definition) is 1. The molecule has 0 unspecified atom stereocenters. The van der Waals surface area contributed by atoms with Crippen LogP contribution in [0.4, 0.5) is 5.82 Å². The predicted octanol–water partition coefficient (Wildman–Crippen LogP) is 0.195. The van der Waals surface area contributed by atoms with Crippen LogP contribution in [0.15, 0.2) is 39.9 Å². The molecule has 0 radical (unpaired) electrons. The Hall–Kier alpha value is -3.69. The second kappa shape index (κ2) is 9.68. The molecule has 0 aliphatic carbocycles. The van der Waals surface area contributed by atoms with E-state index in [9.17, 15) is 24.0 Å². The van der Waals surface area contributed by atoms with Gasteiger partial charge in [-0.05, 0) is 5.56 Å². The van der Waals surface area contributed by atoms with E-state index in [0.717, 1.165) is 11.7 Å². The minimum Gasteiger partial charge on any atom is -0.468 e. The Morgan fingerprint density at radius 2 is 1.70 bits per heavy atom. The maximum atomic E-state index is 12.8. The minimum atomic E-state index is -1.06. The van der Waals surface area contributed by atoms with Crippen LogP contribution in [0.25, 0.3) is 0 Å². The van der Waals surface area contributed by atoms with Crippen LogP contribution in [0, 0.1) is 5.92 Å². The molecule has 0 bridgehead atoms. The lowest BCUT2D eigenvalue weighted by molar-refractivity contribution is -0.146. The van der Waals surface area contributed by atoms with Crippen LogP contribution in [0.1, 0.15) is 29.8 Å². The molecule has 0 saturated carbocycles. The Morgan fingerprint density at radius 3 is 2.27 bits per heavy atom. The van der Waals surface area contributed by atoms with E-state index in [1.165, 1.54) is 0 Å². The Labute approximate surface area is 171 Å². The standard InChI is InChI=1S/C20H23N3O7/c1-12(2)19(27)30-11-14(24)16-17(21)22(9-13-7-5-4-6-8-13)20(28)23(18(16)26)10-15(25)29-3/h4-8,12H,9-11,21H2,1-3H3. The first-order valence-electron chi connectivity index (χ1n) is 9.11. The fourth-order valence-corrected chi connectivity index (χ4v) is 2.60. The van der Waals surface area contributed by atoms with Crippen LogP contribution in [0.2, 0.25) is 0 Å². The molecule has 1 heterocycles. The molecule has 2 N–H and O–H groups in total. The van der Waals surface area contributed by atoms with Crippen LogP contribution in [0.3, 0.4) is 0 Å². The van der Waals surface area contributed by atoms with Crippen molar-refractivity contribution in [2.24, 2.45) is 5.92 Å². The van der Waals surface area contributed by atoms with Crippen LogP contribution in [-0.4, -0.2) is 40.6 Å². The van der Waals surface area contributed by atoms with E-state index in [1.807, 2.05) is 0 Å². The number of ketones is 1. The number of benzene rings is 1. The number of carbonyl (C=O) groups is 3. The molecule has 0 saturated heterocycles. The van der Waals surface area contributed by atoms with Gasteiger partial charge in [0, 0.05) is 0 Å². The lowest BCUT2D eigenvalue weighted by Crippen LogP contribution is -2.46. The summed E-state index contributed by atoms with van der Waals surface area (Å²) < 4.78 is 11.0. The number of aromatic nitrogens is 2. The lowest BCUT2D eigenvalue weighted by Gasteiger charge is -2.16. The van der Waals surface area contributed by atoms with Gasteiger partial charge in [-0.1, -0.05) is 44.2 Å². The highest BCUT2D eigenvalue weighted by atomic mass is 16.5. The van der Waals surface area contributed by atoms with Gasteiger partial charge in [0.2, 0.25) is 5.78 Å². The van der Waals surface area contributed by atoms with E-state index < -0.39 is 53.6 Å². The second-order valence-electron chi connectivity index (χ2n) is 6.77. The van der Waals surface area contributed by atoms with Gasteiger partial charge >= 0.3 is 17.6 Å². The summed E-state index contributed by atoms with van der Waals surface area (Å²) in [5.74, 6) is -3.21. The van der Waals surface area contributed by atoms with Gasteiger partial charge in [-0.15, -0.1) is 0 Å². The minimum absolute atomic E-state index is 0.0426. The van der Waals surface area contributed by atoms with Crippen molar-refractivity contribution in [2.75, 3.05) is 19.5 Å². The van der Waals surface area contributed by atoms with Gasteiger partial charge in [-0.25, -0.2) is 9.36 Å². The molecule has 2 aromatic rings. The number of hydrogen-bond acceptors (Lipinski definition) is 8. The van der Waals surface area contributed by atoms with Crippen LogP contribution >= 0.6 is 0 Å². The number of ether oxygens (including phenoxy) is 2. The third kappa shape index (κ3) is 5.02. The molecule has 2 rings (SSSR count). The normalized spacial score (nSPS) is 10.7. The molecule has 1 aromatic carbocycles. The molecule has 0 atom stereocenters. The van der Waals surface area contributed by atoms with Gasteiger partial charge in [0.15, 0.2) is 6.61 Å².